The van der Waals surface area contributed by atoms with Crippen molar-refractivity contribution in [2.75, 3.05) is 16.0 Å². The Hall–Kier alpha value is -6.69. The molecule has 0 saturated heterocycles. The van der Waals surface area contributed by atoms with Crippen LogP contribution in [0.1, 0.15) is 48.2 Å². The van der Waals surface area contributed by atoms with Gasteiger partial charge in [-0.1, -0.05) is 0 Å². The fourth-order valence-corrected chi connectivity index (χ4v) is 5.08. The highest BCUT2D eigenvalue weighted by molar-refractivity contribution is 6.12. The number of pyridine rings is 6. The Morgan fingerprint density at radius 1 is 0.396 bits per heavy atom. The Morgan fingerprint density at radius 2 is 0.667 bits per heavy atom. The van der Waals surface area contributed by atoms with Gasteiger partial charge in [0.05, 0.1) is 0 Å². The van der Waals surface area contributed by atoms with E-state index in [1.165, 1.54) is 18.2 Å². The van der Waals surface area contributed by atoms with Crippen molar-refractivity contribution in [3.8, 4) is 0 Å². The van der Waals surface area contributed by atoms with E-state index in [4.69, 9.17) is 0 Å². The van der Waals surface area contributed by atoms with E-state index in [-0.39, 0.29) is 34.1 Å². The number of carbonyl (C=O) groups excluding carboxylic acids is 3. The summed E-state index contributed by atoms with van der Waals surface area (Å²) in [4.78, 5) is 67.4. The third kappa shape index (κ3) is 6.35. The van der Waals surface area contributed by atoms with E-state index in [9.17, 15) is 14.4 Å². The number of hydrogen-bond acceptors (Lipinski definition) is 9. The Balaban J connectivity index is 1.21. The van der Waals surface area contributed by atoms with Crippen LogP contribution in [-0.4, -0.2) is 47.6 Å². The van der Waals surface area contributed by atoms with Crippen molar-refractivity contribution >= 4 is 68.3 Å². The van der Waals surface area contributed by atoms with Gasteiger partial charge in [0.15, 0.2) is 16.9 Å². The minimum atomic E-state index is -0.579. The van der Waals surface area contributed by atoms with Crippen molar-refractivity contribution in [2.45, 2.75) is 20.8 Å². The second kappa shape index (κ2) is 12.2. The summed E-state index contributed by atoms with van der Waals surface area (Å²) in [6.07, 6.45) is 0. The third-order valence-corrected chi connectivity index (χ3v) is 7.52. The van der Waals surface area contributed by atoms with Gasteiger partial charge < -0.3 is 16.0 Å². The minimum Gasteiger partial charge on any atom is -0.306 e. The maximum absolute atomic E-state index is 13.6. The van der Waals surface area contributed by atoms with Gasteiger partial charge in [-0.3, -0.25) is 14.4 Å². The van der Waals surface area contributed by atoms with E-state index in [1.54, 1.807) is 36.4 Å². The number of fused-ring (bicyclic) bond motifs is 3. The highest BCUT2D eigenvalue weighted by Gasteiger charge is 2.19. The lowest BCUT2D eigenvalue weighted by atomic mass is 10.0. The molecule has 6 heterocycles. The first-order chi connectivity index (χ1) is 23.2. The summed E-state index contributed by atoms with van der Waals surface area (Å²) in [5.41, 5.74) is 3.94. The van der Waals surface area contributed by atoms with Gasteiger partial charge in [-0.05, 0) is 112 Å². The molecule has 0 atom stereocenters. The quantitative estimate of drug-likeness (QED) is 0.193. The van der Waals surface area contributed by atoms with Gasteiger partial charge >= 0.3 is 0 Å². The highest BCUT2D eigenvalue weighted by Crippen LogP contribution is 2.20. The minimum absolute atomic E-state index is 0.0550. The van der Waals surface area contributed by atoms with Crippen molar-refractivity contribution in [2.24, 2.45) is 0 Å². The number of nitrogens with zero attached hydrogens (tertiary/aromatic N) is 6. The number of carbonyl (C=O) groups is 3. The molecular weight excluding hydrogens is 606 g/mol. The molecule has 0 aliphatic rings. The zero-order valence-corrected chi connectivity index (χ0v) is 26.1. The highest BCUT2D eigenvalue weighted by atomic mass is 16.2. The molecule has 0 radical (unpaired) electrons. The third-order valence-electron chi connectivity index (χ3n) is 7.52. The predicted molar refractivity (Wildman–Crippen MR) is 183 cm³/mol. The number of rotatable bonds is 6. The smallest absolute Gasteiger partial charge is 0.256 e. The summed E-state index contributed by atoms with van der Waals surface area (Å²) in [5, 5.41) is 10.7. The Morgan fingerprint density at radius 3 is 0.958 bits per heavy atom. The fraction of sp³-hybridized carbons (Fsp3) is 0.0833. The molecule has 3 N–H and O–H groups in total. The van der Waals surface area contributed by atoms with Crippen LogP contribution in [0.25, 0.3) is 33.1 Å². The van der Waals surface area contributed by atoms with Crippen LogP contribution in [0.15, 0.2) is 91.0 Å². The van der Waals surface area contributed by atoms with Gasteiger partial charge in [0, 0.05) is 49.9 Å². The molecule has 0 unspecified atom stereocenters. The fourth-order valence-electron chi connectivity index (χ4n) is 5.08. The maximum atomic E-state index is 13.6. The molecule has 7 aromatic rings. The van der Waals surface area contributed by atoms with E-state index >= 15 is 0 Å². The summed E-state index contributed by atoms with van der Waals surface area (Å²) in [6, 6.07) is 25.9. The Labute approximate surface area is 273 Å². The second-order valence-corrected chi connectivity index (χ2v) is 11.2. The van der Waals surface area contributed by atoms with Gasteiger partial charge in [0.25, 0.3) is 17.7 Å². The first-order valence-corrected chi connectivity index (χ1v) is 15.0. The molecule has 1 aromatic carbocycles. The molecular formula is C36H27N9O3. The number of hydrogen-bond donors (Lipinski definition) is 3. The molecule has 234 valence electrons. The van der Waals surface area contributed by atoms with Crippen LogP contribution in [-0.2, 0) is 0 Å². The average Bonchev–Trinajstić information content (AvgIpc) is 3.07. The summed E-state index contributed by atoms with van der Waals surface area (Å²) in [5.74, 6) is -0.950. The van der Waals surface area contributed by atoms with Crippen LogP contribution < -0.4 is 16.0 Å². The number of aryl methyl sites for hydroxylation is 3. The molecule has 0 aliphatic carbocycles. The van der Waals surface area contributed by atoms with E-state index in [1.807, 2.05) is 57.2 Å². The van der Waals surface area contributed by atoms with Crippen LogP contribution in [0.3, 0.4) is 0 Å². The van der Waals surface area contributed by atoms with Gasteiger partial charge in [0.1, 0.15) is 17.5 Å². The molecule has 0 bridgehead atoms. The van der Waals surface area contributed by atoms with Crippen LogP contribution in [0.2, 0.25) is 0 Å². The van der Waals surface area contributed by atoms with E-state index in [2.05, 4.69) is 45.9 Å². The van der Waals surface area contributed by atoms with E-state index in [0.29, 0.717) is 16.9 Å². The lowest BCUT2D eigenvalue weighted by Gasteiger charge is -2.12. The summed E-state index contributed by atoms with van der Waals surface area (Å²) >= 11 is 0. The van der Waals surface area contributed by atoms with Gasteiger partial charge in [-0.15, -0.1) is 0 Å². The van der Waals surface area contributed by atoms with Crippen molar-refractivity contribution in [3.63, 3.8) is 0 Å². The molecule has 7 rings (SSSR count). The number of anilines is 3. The van der Waals surface area contributed by atoms with Crippen LogP contribution in [0.4, 0.5) is 17.5 Å². The largest absolute Gasteiger partial charge is 0.306 e. The van der Waals surface area contributed by atoms with Gasteiger partial charge in [-0.2, -0.15) is 0 Å². The monoisotopic (exact) mass is 633 g/mol. The molecule has 12 nitrogen and oxygen atoms in total. The first-order valence-electron chi connectivity index (χ1n) is 15.0. The number of nitrogens with one attached hydrogen (secondary N) is 3. The lowest BCUT2D eigenvalue weighted by molar-refractivity contribution is 0.102. The standard InChI is InChI=1S/C36H27N9O3/c1-19-4-7-22-10-13-28(40-31(22)37-19)43-34(46)25-16-26(35(47)44-29-14-11-23-8-5-20(2)38-32(23)41-29)18-27(17-25)36(48)45-30-15-12-24-9-6-21(3)39-33(24)42-30/h4-18H,1-3H3,(H,37,40,43,46)(H,38,41,44,47)(H,39,42,45,48). The second-order valence-electron chi connectivity index (χ2n) is 11.2. The van der Waals surface area contributed by atoms with Crippen molar-refractivity contribution in [1.29, 1.82) is 0 Å². The number of benzene rings is 1. The van der Waals surface area contributed by atoms with Gasteiger partial charge in [-0.25, -0.2) is 29.9 Å². The topological polar surface area (TPSA) is 165 Å². The van der Waals surface area contributed by atoms with E-state index in [0.717, 1.165) is 33.2 Å². The molecule has 12 heteroatoms. The Kier molecular flexibility index (Phi) is 7.65. The predicted octanol–water partition coefficient (Wildman–Crippen LogP) is 6.20. The lowest BCUT2D eigenvalue weighted by Crippen LogP contribution is -2.20. The zero-order chi connectivity index (χ0) is 33.4. The maximum Gasteiger partial charge on any atom is 0.256 e. The van der Waals surface area contributed by atoms with Crippen molar-refractivity contribution in [3.05, 3.63) is 125 Å². The van der Waals surface area contributed by atoms with Crippen LogP contribution >= 0.6 is 0 Å². The number of amides is 3. The van der Waals surface area contributed by atoms with Crippen LogP contribution in [0.5, 0.6) is 0 Å². The SMILES string of the molecule is Cc1ccc2ccc(NC(=O)c3cc(C(=O)Nc4ccc5ccc(C)nc5n4)cc(C(=O)Nc4ccc5ccc(C)nc5n4)c3)nc2n1. The zero-order valence-electron chi connectivity index (χ0n) is 26.1. The normalized spacial score (nSPS) is 11.1. The molecule has 0 saturated carbocycles. The number of aromatic nitrogens is 6. The van der Waals surface area contributed by atoms with Crippen molar-refractivity contribution < 1.29 is 14.4 Å². The molecule has 0 aliphatic heterocycles. The molecule has 3 amide bonds. The first kappa shape index (κ1) is 30.0. The van der Waals surface area contributed by atoms with Crippen LogP contribution in [0, 0.1) is 20.8 Å². The molecule has 6 aromatic heterocycles. The molecule has 48 heavy (non-hydrogen) atoms. The average molecular weight is 634 g/mol. The molecule has 0 spiro atoms. The summed E-state index contributed by atoms with van der Waals surface area (Å²) in [7, 11) is 0. The summed E-state index contributed by atoms with van der Waals surface area (Å²) < 4.78 is 0. The van der Waals surface area contributed by atoms with Crippen molar-refractivity contribution in [1.82, 2.24) is 29.9 Å². The molecule has 0 fully saturated rings. The van der Waals surface area contributed by atoms with Gasteiger partial charge in [0.2, 0.25) is 0 Å². The van der Waals surface area contributed by atoms with E-state index < -0.39 is 17.7 Å². The summed E-state index contributed by atoms with van der Waals surface area (Å²) in [6.45, 7) is 5.56. The Bertz CT molecular complexity index is 2160.